The van der Waals surface area contributed by atoms with Gasteiger partial charge in [-0.25, -0.2) is 0 Å². The molecule has 0 bridgehead atoms. The Bertz CT molecular complexity index is 412. The van der Waals surface area contributed by atoms with Crippen LogP contribution in [0.5, 0.6) is 0 Å². The topological polar surface area (TPSA) is 0 Å². The molecule has 4 aliphatic rings. The van der Waals surface area contributed by atoms with Gasteiger partial charge in [-0.3, -0.25) is 0 Å². The van der Waals surface area contributed by atoms with Gasteiger partial charge in [-0.15, -0.1) is 8.58 Å². The molecule has 0 aromatic carbocycles. The largest absolute Gasteiger partial charge is 0.116 e. The van der Waals surface area contributed by atoms with Crippen molar-refractivity contribution in [2.45, 2.75) is 70.4 Å². The molecule has 0 radical (unpaired) electrons. The zero-order valence-electron chi connectivity index (χ0n) is 12.7. The third kappa shape index (κ3) is 1.75. The van der Waals surface area contributed by atoms with Crippen molar-refractivity contribution in [1.82, 2.24) is 0 Å². The highest BCUT2D eigenvalue weighted by Crippen LogP contribution is 2.65. The maximum absolute atomic E-state index is 2.70. The predicted octanol–water partition coefficient (Wildman–Crippen LogP) is 5.38. The van der Waals surface area contributed by atoms with E-state index in [0.29, 0.717) is 5.41 Å². The van der Waals surface area contributed by atoms with Crippen LogP contribution in [0.1, 0.15) is 65.2 Å². The Morgan fingerprint density at radius 3 is 2.89 bits per heavy atom. The summed E-state index contributed by atoms with van der Waals surface area (Å²) in [5, 5.41) is 0.748. The standard InChI is InChI=1S/C18H29P/c1-17-10-4-3-5-13(17)6-7-14-15(17)8-11-18(2)16(14)9-12-19-18/h6,14-16,19H,3-5,7-12H2,1-2H3. The lowest BCUT2D eigenvalue weighted by Crippen LogP contribution is -2.49. The minimum atomic E-state index is 0.605. The van der Waals surface area contributed by atoms with E-state index < -0.39 is 0 Å². The molecule has 0 amide bonds. The maximum Gasteiger partial charge on any atom is -0.00853 e. The van der Waals surface area contributed by atoms with E-state index in [9.17, 15) is 0 Å². The van der Waals surface area contributed by atoms with Crippen LogP contribution in [0, 0.1) is 23.2 Å². The molecular formula is C18H29P. The molecule has 0 aromatic rings. The van der Waals surface area contributed by atoms with E-state index in [1.165, 1.54) is 46.8 Å². The summed E-state index contributed by atoms with van der Waals surface area (Å²) < 4.78 is 0. The second-order valence-electron chi connectivity index (χ2n) is 8.14. The Balaban J connectivity index is 1.70. The molecule has 1 aliphatic heterocycles. The summed E-state index contributed by atoms with van der Waals surface area (Å²) in [5.74, 6) is 3.15. The Labute approximate surface area is 120 Å². The molecule has 106 valence electrons. The summed E-state index contributed by atoms with van der Waals surface area (Å²) in [6, 6.07) is 0. The van der Waals surface area contributed by atoms with Crippen molar-refractivity contribution in [1.29, 1.82) is 0 Å². The number of fused-ring (bicyclic) bond motifs is 5. The molecule has 1 heteroatoms. The maximum atomic E-state index is 2.70. The van der Waals surface area contributed by atoms with Crippen LogP contribution >= 0.6 is 8.58 Å². The fourth-order valence-corrected chi connectivity index (χ4v) is 8.25. The summed E-state index contributed by atoms with van der Waals surface area (Å²) in [6.45, 7) is 5.26. The van der Waals surface area contributed by atoms with Gasteiger partial charge in [-0.05, 0) is 79.4 Å². The van der Waals surface area contributed by atoms with Crippen molar-refractivity contribution in [3.63, 3.8) is 0 Å². The van der Waals surface area contributed by atoms with Crippen LogP contribution in [0.25, 0.3) is 0 Å². The van der Waals surface area contributed by atoms with E-state index in [-0.39, 0.29) is 0 Å². The van der Waals surface area contributed by atoms with Crippen LogP contribution in [0.15, 0.2) is 11.6 Å². The molecule has 0 spiro atoms. The minimum absolute atomic E-state index is 0.605. The normalized spacial score (nSPS) is 54.2. The van der Waals surface area contributed by atoms with E-state index in [1.54, 1.807) is 19.3 Å². The van der Waals surface area contributed by atoms with E-state index in [1.807, 2.05) is 5.57 Å². The van der Waals surface area contributed by atoms with Gasteiger partial charge in [0.05, 0.1) is 0 Å². The Hall–Kier alpha value is 0.170. The molecule has 3 aliphatic carbocycles. The summed E-state index contributed by atoms with van der Waals surface area (Å²) in [4.78, 5) is 0. The van der Waals surface area contributed by atoms with Gasteiger partial charge in [0.15, 0.2) is 0 Å². The molecule has 2 saturated carbocycles. The Kier molecular flexibility index (Phi) is 2.93. The highest BCUT2D eigenvalue weighted by molar-refractivity contribution is 7.40. The second-order valence-corrected chi connectivity index (χ2v) is 10.1. The van der Waals surface area contributed by atoms with Gasteiger partial charge in [0.25, 0.3) is 0 Å². The molecular weight excluding hydrogens is 247 g/mol. The average Bonchev–Trinajstić information content (AvgIpc) is 2.79. The zero-order valence-corrected chi connectivity index (χ0v) is 13.7. The molecule has 0 nitrogen and oxygen atoms in total. The van der Waals surface area contributed by atoms with Crippen LogP contribution in [-0.2, 0) is 0 Å². The van der Waals surface area contributed by atoms with Gasteiger partial charge in [0.2, 0.25) is 0 Å². The average molecular weight is 276 g/mol. The summed E-state index contributed by atoms with van der Waals surface area (Å²) in [6.07, 6.45) is 16.2. The van der Waals surface area contributed by atoms with Crippen molar-refractivity contribution < 1.29 is 0 Å². The minimum Gasteiger partial charge on any atom is -0.116 e. The first-order valence-electron chi connectivity index (χ1n) is 8.58. The van der Waals surface area contributed by atoms with Gasteiger partial charge in [-0.1, -0.05) is 31.9 Å². The number of rotatable bonds is 0. The van der Waals surface area contributed by atoms with Crippen LogP contribution in [-0.4, -0.2) is 11.3 Å². The van der Waals surface area contributed by atoms with Crippen molar-refractivity contribution in [3.8, 4) is 0 Å². The molecule has 0 aromatic heterocycles. The van der Waals surface area contributed by atoms with Crippen molar-refractivity contribution in [2.24, 2.45) is 23.2 Å². The first kappa shape index (κ1) is 12.9. The first-order valence-corrected chi connectivity index (χ1v) is 9.79. The lowest BCUT2D eigenvalue weighted by atomic mass is 9.50. The van der Waals surface area contributed by atoms with Crippen LogP contribution < -0.4 is 0 Å². The van der Waals surface area contributed by atoms with Crippen molar-refractivity contribution >= 4 is 8.58 Å². The first-order chi connectivity index (χ1) is 9.13. The summed E-state index contributed by atoms with van der Waals surface area (Å²) in [7, 11) is 1.27. The van der Waals surface area contributed by atoms with E-state index in [4.69, 9.17) is 0 Å². The monoisotopic (exact) mass is 276 g/mol. The molecule has 0 N–H and O–H groups in total. The van der Waals surface area contributed by atoms with Gasteiger partial charge in [-0.2, -0.15) is 0 Å². The molecule has 6 atom stereocenters. The zero-order chi connectivity index (χ0) is 13.1. The lowest BCUT2D eigenvalue weighted by molar-refractivity contribution is 0.0203. The van der Waals surface area contributed by atoms with Gasteiger partial charge >= 0.3 is 0 Å². The highest BCUT2D eigenvalue weighted by Gasteiger charge is 2.55. The molecule has 1 saturated heterocycles. The fourth-order valence-electron chi connectivity index (χ4n) is 6.28. The lowest BCUT2D eigenvalue weighted by Gasteiger charge is -2.56. The molecule has 1 heterocycles. The highest BCUT2D eigenvalue weighted by atomic mass is 31.1. The smallest absolute Gasteiger partial charge is 0.00853 e. The predicted molar refractivity (Wildman–Crippen MR) is 85.2 cm³/mol. The quantitative estimate of drug-likeness (QED) is 0.411. The molecule has 4 rings (SSSR count). The third-order valence-corrected chi connectivity index (χ3v) is 9.36. The van der Waals surface area contributed by atoms with Gasteiger partial charge < -0.3 is 0 Å². The van der Waals surface area contributed by atoms with Crippen LogP contribution in [0.2, 0.25) is 0 Å². The van der Waals surface area contributed by atoms with Gasteiger partial charge in [0.1, 0.15) is 0 Å². The third-order valence-electron chi connectivity index (χ3n) is 7.39. The van der Waals surface area contributed by atoms with Crippen LogP contribution in [0.4, 0.5) is 0 Å². The molecule has 6 unspecified atom stereocenters. The van der Waals surface area contributed by atoms with E-state index in [0.717, 1.165) is 22.9 Å². The number of hydrogen-bond donors (Lipinski definition) is 0. The SMILES string of the molecule is CC12CCC3C(CC=C4CCCCC43C)C1CCP2. The molecule has 3 fully saturated rings. The molecule has 19 heavy (non-hydrogen) atoms. The number of hydrogen-bond acceptors (Lipinski definition) is 0. The van der Waals surface area contributed by atoms with Crippen LogP contribution in [0.3, 0.4) is 0 Å². The fraction of sp³-hybridized carbons (Fsp3) is 0.889. The Morgan fingerprint density at radius 2 is 2.00 bits per heavy atom. The second kappa shape index (κ2) is 4.33. The van der Waals surface area contributed by atoms with Crippen molar-refractivity contribution in [2.75, 3.05) is 6.16 Å². The summed E-state index contributed by atoms with van der Waals surface area (Å²) in [5.41, 5.74) is 2.47. The van der Waals surface area contributed by atoms with E-state index in [2.05, 4.69) is 19.9 Å². The van der Waals surface area contributed by atoms with Crippen molar-refractivity contribution in [3.05, 3.63) is 11.6 Å². The summed E-state index contributed by atoms with van der Waals surface area (Å²) >= 11 is 0. The number of allylic oxidation sites excluding steroid dienone is 2. The van der Waals surface area contributed by atoms with Gasteiger partial charge in [0, 0.05) is 0 Å². The van der Waals surface area contributed by atoms with E-state index >= 15 is 0 Å². The Morgan fingerprint density at radius 1 is 1.11 bits per heavy atom.